The molecule has 0 amide bonds. The van der Waals surface area contributed by atoms with Crippen LogP contribution < -0.4 is 0 Å². The summed E-state index contributed by atoms with van der Waals surface area (Å²) in [6.07, 6.45) is 2.75. The van der Waals surface area contributed by atoms with Crippen LogP contribution in [0.15, 0.2) is 58.0 Å². The average molecular weight is 386 g/mol. The van der Waals surface area contributed by atoms with Crippen molar-refractivity contribution in [1.29, 1.82) is 0 Å². The van der Waals surface area contributed by atoms with Gasteiger partial charge >= 0.3 is 5.97 Å². The van der Waals surface area contributed by atoms with Crippen molar-refractivity contribution in [2.24, 2.45) is 0 Å². The molecule has 1 fully saturated rings. The van der Waals surface area contributed by atoms with Gasteiger partial charge in [0, 0.05) is 6.04 Å². The van der Waals surface area contributed by atoms with E-state index in [9.17, 15) is 13.2 Å². The zero-order valence-corrected chi connectivity index (χ0v) is 15.5. The molecule has 0 atom stereocenters. The Morgan fingerprint density at radius 2 is 1.96 bits per heavy atom. The molecule has 4 rings (SSSR count). The lowest BCUT2D eigenvalue weighted by molar-refractivity contribution is 0.0594. The monoisotopic (exact) mass is 386 g/mol. The quantitative estimate of drug-likeness (QED) is 0.605. The summed E-state index contributed by atoms with van der Waals surface area (Å²) < 4.78 is 37.7. The van der Waals surface area contributed by atoms with Crippen LogP contribution in [0.25, 0.3) is 10.8 Å². The molecule has 2 aromatic carbocycles. The SMILES string of the molecule is COC(=O)c1coc(CN(C2CC2)S(=O)(=O)c2ccc3ccccc3c2)n1. The summed E-state index contributed by atoms with van der Waals surface area (Å²) in [4.78, 5) is 15.8. The maximum atomic E-state index is 13.2. The van der Waals surface area contributed by atoms with Crippen LogP contribution in [0.1, 0.15) is 29.2 Å². The molecule has 0 spiro atoms. The van der Waals surface area contributed by atoms with E-state index in [1.54, 1.807) is 18.2 Å². The fourth-order valence-corrected chi connectivity index (χ4v) is 4.62. The highest BCUT2D eigenvalue weighted by molar-refractivity contribution is 7.89. The molecule has 0 aliphatic heterocycles. The van der Waals surface area contributed by atoms with Crippen molar-refractivity contribution in [3.63, 3.8) is 0 Å². The number of esters is 1. The maximum Gasteiger partial charge on any atom is 0.360 e. The van der Waals surface area contributed by atoms with Crippen LogP contribution in [0.3, 0.4) is 0 Å². The van der Waals surface area contributed by atoms with Gasteiger partial charge in [0.05, 0.1) is 18.6 Å². The van der Waals surface area contributed by atoms with E-state index >= 15 is 0 Å². The Morgan fingerprint density at radius 3 is 2.67 bits per heavy atom. The van der Waals surface area contributed by atoms with Crippen molar-refractivity contribution in [2.45, 2.75) is 30.3 Å². The van der Waals surface area contributed by atoms with Crippen molar-refractivity contribution in [1.82, 2.24) is 9.29 Å². The molecule has 1 saturated carbocycles. The molecule has 140 valence electrons. The Kier molecular flexibility index (Phi) is 4.45. The lowest BCUT2D eigenvalue weighted by atomic mass is 10.1. The minimum absolute atomic E-state index is 0.0198. The normalized spacial score (nSPS) is 14.6. The molecular weight excluding hydrogens is 368 g/mol. The smallest absolute Gasteiger partial charge is 0.360 e. The maximum absolute atomic E-state index is 13.2. The van der Waals surface area contributed by atoms with Crippen molar-refractivity contribution in [3.8, 4) is 0 Å². The van der Waals surface area contributed by atoms with E-state index in [1.807, 2.05) is 24.3 Å². The molecule has 1 aliphatic rings. The highest BCUT2D eigenvalue weighted by atomic mass is 32.2. The summed E-state index contributed by atoms with van der Waals surface area (Å²) in [6.45, 7) is -0.0309. The van der Waals surface area contributed by atoms with Crippen molar-refractivity contribution in [2.75, 3.05) is 7.11 Å². The number of rotatable bonds is 6. The first-order valence-electron chi connectivity index (χ1n) is 8.52. The van der Waals surface area contributed by atoms with Gasteiger partial charge in [-0.15, -0.1) is 0 Å². The number of aromatic nitrogens is 1. The van der Waals surface area contributed by atoms with Crippen molar-refractivity contribution in [3.05, 3.63) is 60.3 Å². The van der Waals surface area contributed by atoms with Crippen LogP contribution in [0.4, 0.5) is 0 Å². The zero-order valence-electron chi connectivity index (χ0n) is 14.7. The van der Waals surface area contributed by atoms with Gasteiger partial charge in [-0.3, -0.25) is 0 Å². The number of nitrogens with zero attached hydrogens (tertiary/aromatic N) is 2. The number of carbonyl (C=O) groups is 1. The molecule has 7 nitrogen and oxygen atoms in total. The minimum Gasteiger partial charge on any atom is -0.464 e. The molecule has 8 heteroatoms. The second kappa shape index (κ2) is 6.79. The Balaban J connectivity index is 1.66. The molecule has 3 aromatic rings. The molecule has 0 N–H and O–H groups in total. The summed E-state index contributed by atoms with van der Waals surface area (Å²) in [5.41, 5.74) is 0.0198. The number of carbonyl (C=O) groups excluding carboxylic acids is 1. The summed E-state index contributed by atoms with van der Waals surface area (Å²) in [6, 6.07) is 12.6. The summed E-state index contributed by atoms with van der Waals surface area (Å²) >= 11 is 0. The largest absolute Gasteiger partial charge is 0.464 e. The second-order valence-electron chi connectivity index (χ2n) is 6.41. The lowest BCUT2D eigenvalue weighted by Crippen LogP contribution is -2.32. The predicted molar refractivity (Wildman–Crippen MR) is 97.5 cm³/mol. The van der Waals surface area contributed by atoms with Gasteiger partial charge in [0.15, 0.2) is 5.69 Å². The first-order valence-corrected chi connectivity index (χ1v) is 9.96. The van der Waals surface area contributed by atoms with Crippen LogP contribution in [0.2, 0.25) is 0 Å². The van der Waals surface area contributed by atoms with Gasteiger partial charge < -0.3 is 9.15 Å². The molecule has 0 radical (unpaired) electrons. The first-order chi connectivity index (χ1) is 13.0. The van der Waals surface area contributed by atoms with Gasteiger partial charge in [0.2, 0.25) is 15.9 Å². The average Bonchev–Trinajstić information content (AvgIpc) is 3.42. The van der Waals surface area contributed by atoms with Crippen molar-refractivity contribution >= 4 is 26.8 Å². The molecule has 1 aromatic heterocycles. The summed E-state index contributed by atoms with van der Waals surface area (Å²) in [7, 11) is -2.48. The van der Waals surface area contributed by atoms with Gasteiger partial charge in [-0.1, -0.05) is 30.3 Å². The number of ether oxygens (including phenoxy) is 1. The van der Waals surface area contributed by atoms with Gasteiger partial charge in [-0.2, -0.15) is 4.31 Å². The van der Waals surface area contributed by atoms with Crippen LogP contribution >= 0.6 is 0 Å². The van der Waals surface area contributed by atoms with Crippen LogP contribution in [-0.4, -0.2) is 36.8 Å². The number of sulfonamides is 1. The van der Waals surface area contributed by atoms with Gasteiger partial charge in [-0.25, -0.2) is 18.2 Å². The molecular formula is C19H18N2O5S. The third-order valence-electron chi connectivity index (χ3n) is 4.52. The molecule has 1 heterocycles. The van der Waals surface area contributed by atoms with Crippen molar-refractivity contribution < 1.29 is 22.4 Å². The summed E-state index contributed by atoms with van der Waals surface area (Å²) in [5, 5.41) is 1.84. The van der Waals surface area contributed by atoms with E-state index in [0.29, 0.717) is 0 Å². The number of fused-ring (bicyclic) bond motifs is 1. The highest BCUT2D eigenvalue weighted by Crippen LogP contribution is 2.34. The number of methoxy groups -OCH3 is 1. The molecule has 0 bridgehead atoms. The van der Waals surface area contributed by atoms with Crippen LogP contribution in [0, 0.1) is 0 Å². The molecule has 0 saturated heterocycles. The number of hydrogen-bond acceptors (Lipinski definition) is 6. The van der Waals surface area contributed by atoms with E-state index in [0.717, 1.165) is 23.6 Å². The van der Waals surface area contributed by atoms with E-state index in [1.165, 1.54) is 17.7 Å². The Bertz CT molecular complexity index is 1100. The zero-order chi connectivity index (χ0) is 19.0. The fourth-order valence-electron chi connectivity index (χ4n) is 2.95. The Morgan fingerprint density at radius 1 is 1.22 bits per heavy atom. The summed E-state index contributed by atoms with van der Waals surface area (Å²) in [5.74, 6) is -0.466. The van der Waals surface area contributed by atoms with E-state index < -0.39 is 16.0 Å². The van der Waals surface area contributed by atoms with E-state index in [-0.39, 0.29) is 29.1 Å². The fraction of sp³-hybridized carbons (Fsp3) is 0.263. The van der Waals surface area contributed by atoms with Gasteiger partial charge in [-0.05, 0) is 35.7 Å². The number of hydrogen-bond donors (Lipinski definition) is 0. The molecule has 0 unspecified atom stereocenters. The standard InChI is InChI=1S/C19H18N2O5S/c1-25-19(22)17-12-26-18(20-17)11-21(15-7-8-15)27(23,24)16-9-6-13-4-2-3-5-14(13)10-16/h2-6,9-10,12,15H,7-8,11H2,1H3. The van der Waals surface area contributed by atoms with Crippen LogP contribution in [0.5, 0.6) is 0 Å². The lowest BCUT2D eigenvalue weighted by Gasteiger charge is -2.20. The first kappa shape index (κ1) is 17.7. The van der Waals surface area contributed by atoms with E-state index in [2.05, 4.69) is 9.72 Å². The third kappa shape index (κ3) is 3.45. The number of oxazole rings is 1. The minimum atomic E-state index is -3.73. The van der Waals surface area contributed by atoms with Crippen LogP contribution in [-0.2, 0) is 21.3 Å². The highest BCUT2D eigenvalue weighted by Gasteiger charge is 2.39. The Hall–Kier alpha value is -2.71. The van der Waals surface area contributed by atoms with E-state index in [4.69, 9.17) is 4.42 Å². The van der Waals surface area contributed by atoms with Gasteiger partial charge in [0.25, 0.3) is 0 Å². The second-order valence-corrected chi connectivity index (χ2v) is 8.30. The predicted octanol–water partition coefficient (Wildman–Crippen LogP) is 2.97. The molecule has 27 heavy (non-hydrogen) atoms. The topological polar surface area (TPSA) is 89.7 Å². The number of benzene rings is 2. The molecule has 1 aliphatic carbocycles. The third-order valence-corrected chi connectivity index (χ3v) is 6.41. The van der Waals surface area contributed by atoms with Gasteiger partial charge in [0.1, 0.15) is 6.26 Å². The Labute approximate surface area is 156 Å².